The lowest BCUT2D eigenvalue weighted by atomic mass is 10.1. The van der Waals surface area contributed by atoms with Gasteiger partial charge >= 0.3 is 0 Å². The van der Waals surface area contributed by atoms with Gasteiger partial charge in [-0.15, -0.1) is 0 Å². The number of morpholine rings is 1. The summed E-state index contributed by atoms with van der Waals surface area (Å²) in [6.07, 6.45) is 3.49. The van der Waals surface area contributed by atoms with E-state index in [1.165, 1.54) is 0 Å². The summed E-state index contributed by atoms with van der Waals surface area (Å²) < 4.78 is 5.80. The lowest BCUT2D eigenvalue weighted by Crippen LogP contribution is -2.48. The van der Waals surface area contributed by atoms with Crippen LogP contribution in [0.15, 0.2) is 42.7 Å². The average Bonchev–Trinajstić information content (AvgIpc) is 2.88. The van der Waals surface area contributed by atoms with Crippen LogP contribution in [0.2, 0.25) is 0 Å². The fraction of sp³-hybridized carbons (Fsp3) is 0.417. The summed E-state index contributed by atoms with van der Waals surface area (Å²) in [6, 6.07) is 10.4. The lowest BCUT2D eigenvalue weighted by molar-refractivity contribution is -0.129. The summed E-state index contributed by atoms with van der Waals surface area (Å²) in [4.78, 5) is 29.7. The van der Waals surface area contributed by atoms with Crippen LogP contribution in [-0.2, 0) is 9.53 Å². The number of nitrogens with zero attached hydrogens (tertiary/aromatic N) is 5. The third-order valence-corrected chi connectivity index (χ3v) is 6.21. The Morgan fingerprint density at radius 2 is 1.94 bits per heavy atom. The van der Waals surface area contributed by atoms with Gasteiger partial charge in [0, 0.05) is 76.4 Å². The molecule has 33 heavy (non-hydrogen) atoms. The molecule has 2 aromatic heterocycles. The molecular formula is C24H29N7O2. The maximum absolute atomic E-state index is 11.6. The summed E-state index contributed by atoms with van der Waals surface area (Å²) in [6.45, 7) is 7.92. The monoisotopic (exact) mass is 447 g/mol. The molecule has 4 heterocycles. The van der Waals surface area contributed by atoms with Gasteiger partial charge in [-0.1, -0.05) is 12.1 Å². The number of hydrogen-bond acceptors (Lipinski definition) is 8. The summed E-state index contributed by atoms with van der Waals surface area (Å²) >= 11 is 0. The second-order valence-corrected chi connectivity index (χ2v) is 8.40. The highest BCUT2D eigenvalue weighted by atomic mass is 16.5. The molecule has 1 unspecified atom stereocenters. The van der Waals surface area contributed by atoms with Gasteiger partial charge in [-0.3, -0.25) is 9.78 Å². The van der Waals surface area contributed by atoms with E-state index in [4.69, 9.17) is 9.72 Å². The number of rotatable bonds is 5. The van der Waals surface area contributed by atoms with E-state index in [2.05, 4.69) is 49.8 Å². The molecule has 9 nitrogen and oxygen atoms in total. The van der Waals surface area contributed by atoms with Crippen molar-refractivity contribution in [1.82, 2.24) is 25.2 Å². The molecule has 2 fully saturated rings. The summed E-state index contributed by atoms with van der Waals surface area (Å²) in [5.41, 5.74) is 4.58. The Balaban J connectivity index is 1.35. The summed E-state index contributed by atoms with van der Waals surface area (Å²) in [5.74, 6) is 0.861. The topological polar surface area (TPSA) is 95.5 Å². The fourth-order valence-corrected chi connectivity index (χ4v) is 4.33. The number of piperazine rings is 1. The zero-order valence-electron chi connectivity index (χ0n) is 18.8. The quantitative estimate of drug-likeness (QED) is 0.611. The third-order valence-electron chi connectivity index (χ3n) is 6.21. The van der Waals surface area contributed by atoms with E-state index in [1.807, 2.05) is 11.0 Å². The summed E-state index contributed by atoms with van der Waals surface area (Å²) in [7, 11) is 0. The van der Waals surface area contributed by atoms with E-state index in [0.29, 0.717) is 12.4 Å². The number of anilines is 2. The van der Waals surface area contributed by atoms with Crippen LogP contribution in [0.5, 0.6) is 0 Å². The van der Waals surface area contributed by atoms with Gasteiger partial charge in [0.25, 0.3) is 0 Å². The molecule has 2 saturated heterocycles. The van der Waals surface area contributed by atoms with Crippen molar-refractivity contribution < 1.29 is 9.53 Å². The van der Waals surface area contributed by atoms with Crippen LogP contribution in [0.4, 0.5) is 11.5 Å². The minimum Gasteiger partial charge on any atom is -0.374 e. The van der Waals surface area contributed by atoms with Crippen molar-refractivity contribution in [3.05, 3.63) is 42.7 Å². The number of carbonyl (C=O) groups excluding carboxylic acids is 1. The maximum Gasteiger partial charge on any atom is 0.219 e. The number of fused-ring (bicyclic) bond motifs is 1. The van der Waals surface area contributed by atoms with Crippen molar-refractivity contribution in [2.24, 2.45) is 0 Å². The van der Waals surface area contributed by atoms with Gasteiger partial charge in [0.05, 0.1) is 23.9 Å². The maximum atomic E-state index is 11.6. The second kappa shape index (κ2) is 9.68. The smallest absolute Gasteiger partial charge is 0.219 e. The Kier molecular flexibility index (Phi) is 6.32. The Labute approximate surface area is 193 Å². The van der Waals surface area contributed by atoms with E-state index >= 15 is 0 Å². The van der Waals surface area contributed by atoms with Crippen molar-refractivity contribution in [3.8, 4) is 11.3 Å². The van der Waals surface area contributed by atoms with E-state index in [0.717, 1.165) is 73.9 Å². The molecule has 1 aromatic carbocycles. The van der Waals surface area contributed by atoms with Crippen LogP contribution in [0.1, 0.15) is 6.92 Å². The van der Waals surface area contributed by atoms with Crippen LogP contribution in [-0.4, -0.2) is 84.3 Å². The highest BCUT2D eigenvalue weighted by Gasteiger charge is 2.19. The normalized spacial score (nSPS) is 19.0. The number of ether oxygens (including phenoxy) is 1. The Hall–Kier alpha value is -3.30. The molecule has 0 bridgehead atoms. The van der Waals surface area contributed by atoms with Crippen molar-refractivity contribution >= 4 is 28.4 Å². The van der Waals surface area contributed by atoms with Gasteiger partial charge < -0.3 is 25.2 Å². The molecule has 0 saturated carbocycles. The first-order valence-electron chi connectivity index (χ1n) is 11.5. The van der Waals surface area contributed by atoms with Gasteiger partial charge in [-0.25, -0.2) is 9.97 Å². The van der Waals surface area contributed by atoms with Gasteiger partial charge in [0.15, 0.2) is 5.82 Å². The standard InChI is InChI=1S/C24H29N7O2/c1-17(32)30-9-11-31(12-10-30)19-4-2-18(3-5-19)21-14-22-23(27-7-6-26-22)24(29-21)28-16-20-15-25-8-13-33-20/h2-7,14,20,25H,8-13,15-16H2,1H3,(H,28,29). The fourth-order valence-electron chi connectivity index (χ4n) is 4.33. The number of nitrogens with one attached hydrogen (secondary N) is 2. The van der Waals surface area contributed by atoms with Crippen LogP contribution in [0.3, 0.4) is 0 Å². The first-order valence-corrected chi connectivity index (χ1v) is 11.5. The van der Waals surface area contributed by atoms with Gasteiger partial charge in [-0.2, -0.15) is 0 Å². The molecule has 0 aliphatic carbocycles. The van der Waals surface area contributed by atoms with Gasteiger partial charge in [-0.05, 0) is 18.2 Å². The van der Waals surface area contributed by atoms with E-state index in [-0.39, 0.29) is 12.0 Å². The number of amides is 1. The number of aromatic nitrogens is 3. The Morgan fingerprint density at radius 3 is 2.67 bits per heavy atom. The van der Waals surface area contributed by atoms with E-state index < -0.39 is 0 Å². The zero-order valence-corrected chi connectivity index (χ0v) is 18.8. The van der Waals surface area contributed by atoms with Crippen molar-refractivity contribution in [2.75, 3.05) is 62.6 Å². The first-order chi connectivity index (χ1) is 16.2. The number of hydrogen-bond donors (Lipinski definition) is 2. The van der Waals surface area contributed by atoms with Crippen LogP contribution in [0, 0.1) is 0 Å². The number of pyridine rings is 1. The minimum absolute atomic E-state index is 0.0960. The molecule has 2 aliphatic rings. The predicted octanol–water partition coefficient (Wildman–Crippen LogP) is 1.76. The van der Waals surface area contributed by atoms with Crippen LogP contribution >= 0.6 is 0 Å². The SMILES string of the molecule is CC(=O)N1CCN(c2ccc(-c3cc4nccnc4c(NCC4CNCCO4)n3)cc2)CC1. The molecule has 0 spiro atoms. The Bertz CT molecular complexity index is 1110. The lowest BCUT2D eigenvalue weighted by Gasteiger charge is -2.35. The molecule has 0 radical (unpaired) electrons. The largest absolute Gasteiger partial charge is 0.374 e. The average molecular weight is 448 g/mol. The minimum atomic E-state index is 0.0960. The second-order valence-electron chi connectivity index (χ2n) is 8.40. The highest BCUT2D eigenvalue weighted by Crippen LogP contribution is 2.27. The van der Waals surface area contributed by atoms with Gasteiger partial charge in [0.1, 0.15) is 5.52 Å². The van der Waals surface area contributed by atoms with E-state index in [9.17, 15) is 4.79 Å². The molecular weight excluding hydrogens is 418 g/mol. The molecule has 2 N–H and O–H groups in total. The number of carbonyl (C=O) groups is 1. The first kappa shape index (κ1) is 21.5. The van der Waals surface area contributed by atoms with E-state index in [1.54, 1.807) is 19.3 Å². The zero-order chi connectivity index (χ0) is 22.6. The predicted molar refractivity (Wildman–Crippen MR) is 128 cm³/mol. The summed E-state index contributed by atoms with van der Waals surface area (Å²) in [5, 5.41) is 6.77. The van der Waals surface area contributed by atoms with Crippen LogP contribution < -0.4 is 15.5 Å². The van der Waals surface area contributed by atoms with Crippen molar-refractivity contribution in [3.63, 3.8) is 0 Å². The molecule has 5 rings (SSSR count). The van der Waals surface area contributed by atoms with Crippen LogP contribution in [0.25, 0.3) is 22.3 Å². The highest BCUT2D eigenvalue weighted by molar-refractivity contribution is 5.88. The van der Waals surface area contributed by atoms with Crippen molar-refractivity contribution in [2.45, 2.75) is 13.0 Å². The third kappa shape index (κ3) is 4.89. The molecule has 9 heteroatoms. The molecule has 3 aromatic rings. The molecule has 172 valence electrons. The van der Waals surface area contributed by atoms with Crippen molar-refractivity contribution in [1.29, 1.82) is 0 Å². The Morgan fingerprint density at radius 1 is 1.15 bits per heavy atom. The van der Waals surface area contributed by atoms with Gasteiger partial charge in [0.2, 0.25) is 5.91 Å². The molecule has 2 aliphatic heterocycles. The molecule has 1 amide bonds. The number of benzene rings is 1. The molecule has 1 atom stereocenters.